The highest BCUT2D eigenvalue weighted by Gasteiger charge is 2.24. The fraction of sp³-hybridized carbons (Fsp3) is 1.00. The first-order chi connectivity index (χ1) is 7.94. The van der Waals surface area contributed by atoms with Gasteiger partial charge in [-0.05, 0) is 51.6 Å². The summed E-state index contributed by atoms with van der Waals surface area (Å²) in [5.74, 6) is 0. The van der Waals surface area contributed by atoms with Gasteiger partial charge in [-0.15, -0.1) is 0 Å². The fourth-order valence-corrected chi connectivity index (χ4v) is 2.56. The Morgan fingerprint density at radius 1 is 1.29 bits per heavy atom. The number of nitrogens with two attached hydrogens (primary N) is 1. The van der Waals surface area contributed by atoms with E-state index in [9.17, 15) is 0 Å². The lowest BCUT2D eigenvalue weighted by Gasteiger charge is -2.37. The van der Waals surface area contributed by atoms with Crippen molar-refractivity contribution in [2.24, 2.45) is 11.1 Å². The highest BCUT2D eigenvalue weighted by atomic mass is 16.5. The third-order valence-corrected chi connectivity index (χ3v) is 3.86. The van der Waals surface area contributed by atoms with Crippen LogP contribution in [0.25, 0.3) is 0 Å². The first-order valence-electron chi connectivity index (χ1n) is 7.00. The van der Waals surface area contributed by atoms with Gasteiger partial charge in [0.2, 0.25) is 0 Å². The lowest BCUT2D eigenvalue weighted by molar-refractivity contribution is -0.0502. The molecule has 1 fully saturated rings. The molecule has 0 saturated carbocycles. The molecule has 1 aliphatic heterocycles. The Bertz CT molecular complexity index is 218. The van der Waals surface area contributed by atoms with Crippen molar-refractivity contribution in [3.8, 4) is 0 Å². The van der Waals surface area contributed by atoms with Crippen LogP contribution in [0.3, 0.4) is 0 Å². The van der Waals surface area contributed by atoms with Gasteiger partial charge in [0, 0.05) is 12.6 Å². The summed E-state index contributed by atoms with van der Waals surface area (Å²) in [5, 5.41) is 0. The molecule has 0 aromatic carbocycles. The van der Waals surface area contributed by atoms with Crippen LogP contribution in [0, 0.1) is 5.41 Å². The number of nitrogens with zero attached hydrogens (tertiary/aromatic N) is 1. The molecule has 0 aromatic rings. The molecule has 0 amide bonds. The number of ether oxygens (including phenoxy) is 1. The summed E-state index contributed by atoms with van der Waals surface area (Å²) < 4.78 is 5.65. The Morgan fingerprint density at radius 3 is 2.65 bits per heavy atom. The molecule has 0 spiro atoms. The normalized spacial score (nSPS) is 27.4. The SMILES string of the molecule is CC1CN(CCCC(C)(C)CCN)C(C)CO1. The molecule has 3 heteroatoms. The van der Waals surface area contributed by atoms with Crippen LogP contribution in [0.4, 0.5) is 0 Å². The third-order valence-electron chi connectivity index (χ3n) is 3.86. The molecular weight excluding hydrogens is 212 g/mol. The first kappa shape index (κ1) is 14.9. The highest BCUT2D eigenvalue weighted by Crippen LogP contribution is 2.26. The lowest BCUT2D eigenvalue weighted by Crippen LogP contribution is -2.47. The van der Waals surface area contributed by atoms with E-state index < -0.39 is 0 Å². The van der Waals surface area contributed by atoms with Crippen LogP contribution in [-0.4, -0.2) is 43.3 Å². The smallest absolute Gasteiger partial charge is 0.0674 e. The molecule has 0 bridgehead atoms. The van der Waals surface area contributed by atoms with Crippen molar-refractivity contribution in [3.05, 3.63) is 0 Å². The summed E-state index contributed by atoms with van der Waals surface area (Å²) in [7, 11) is 0. The van der Waals surface area contributed by atoms with Crippen LogP contribution in [-0.2, 0) is 4.74 Å². The Hall–Kier alpha value is -0.120. The van der Waals surface area contributed by atoms with Gasteiger partial charge in [-0.1, -0.05) is 13.8 Å². The van der Waals surface area contributed by atoms with Gasteiger partial charge in [-0.3, -0.25) is 4.90 Å². The second-order valence-electron chi connectivity index (χ2n) is 6.29. The Morgan fingerprint density at radius 2 is 2.00 bits per heavy atom. The molecule has 1 rings (SSSR count). The average Bonchev–Trinajstić information content (AvgIpc) is 2.23. The molecule has 2 atom stereocenters. The van der Waals surface area contributed by atoms with Crippen molar-refractivity contribution in [3.63, 3.8) is 0 Å². The average molecular weight is 242 g/mol. The van der Waals surface area contributed by atoms with Crippen LogP contribution < -0.4 is 5.73 Å². The van der Waals surface area contributed by atoms with Gasteiger partial charge < -0.3 is 10.5 Å². The van der Waals surface area contributed by atoms with E-state index in [1.165, 1.54) is 19.4 Å². The fourth-order valence-electron chi connectivity index (χ4n) is 2.56. The van der Waals surface area contributed by atoms with Gasteiger partial charge in [0.25, 0.3) is 0 Å². The second kappa shape index (κ2) is 6.72. The van der Waals surface area contributed by atoms with E-state index in [-0.39, 0.29) is 0 Å². The van der Waals surface area contributed by atoms with Crippen LogP contribution in [0.2, 0.25) is 0 Å². The largest absolute Gasteiger partial charge is 0.376 e. The van der Waals surface area contributed by atoms with Crippen molar-refractivity contribution >= 4 is 0 Å². The summed E-state index contributed by atoms with van der Waals surface area (Å²) in [4.78, 5) is 2.56. The maximum absolute atomic E-state index is 5.65. The molecule has 1 heterocycles. The van der Waals surface area contributed by atoms with E-state index in [1.807, 2.05) is 0 Å². The molecule has 1 aliphatic rings. The maximum atomic E-state index is 5.65. The lowest BCUT2D eigenvalue weighted by atomic mass is 9.84. The molecule has 1 saturated heterocycles. The maximum Gasteiger partial charge on any atom is 0.0674 e. The number of rotatable bonds is 6. The van der Waals surface area contributed by atoms with Crippen LogP contribution in [0.1, 0.15) is 47.0 Å². The minimum absolute atomic E-state index is 0.392. The van der Waals surface area contributed by atoms with Crippen molar-refractivity contribution in [1.29, 1.82) is 0 Å². The van der Waals surface area contributed by atoms with Crippen LogP contribution in [0.15, 0.2) is 0 Å². The quantitative estimate of drug-likeness (QED) is 0.776. The Balaban J connectivity index is 2.25. The number of hydrogen-bond acceptors (Lipinski definition) is 3. The van der Waals surface area contributed by atoms with E-state index in [2.05, 4.69) is 32.6 Å². The first-order valence-corrected chi connectivity index (χ1v) is 7.00. The summed E-state index contributed by atoms with van der Waals surface area (Å²) >= 11 is 0. The van der Waals surface area contributed by atoms with E-state index >= 15 is 0 Å². The van der Waals surface area contributed by atoms with E-state index in [0.29, 0.717) is 17.6 Å². The van der Waals surface area contributed by atoms with Crippen molar-refractivity contribution in [1.82, 2.24) is 4.90 Å². The summed E-state index contributed by atoms with van der Waals surface area (Å²) in [6.07, 6.45) is 4.05. The Labute approximate surface area is 107 Å². The number of morpholine rings is 1. The zero-order valence-electron chi connectivity index (χ0n) is 12.0. The minimum atomic E-state index is 0.392. The minimum Gasteiger partial charge on any atom is -0.376 e. The van der Waals surface area contributed by atoms with Crippen molar-refractivity contribution in [2.45, 2.75) is 59.1 Å². The van der Waals surface area contributed by atoms with E-state index in [4.69, 9.17) is 10.5 Å². The molecule has 102 valence electrons. The van der Waals surface area contributed by atoms with Crippen molar-refractivity contribution in [2.75, 3.05) is 26.2 Å². The molecule has 0 radical (unpaired) electrons. The topological polar surface area (TPSA) is 38.5 Å². The van der Waals surface area contributed by atoms with Crippen LogP contribution >= 0.6 is 0 Å². The molecular formula is C14H30N2O. The van der Waals surface area contributed by atoms with Gasteiger partial charge in [-0.2, -0.15) is 0 Å². The summed E-state index contributed by atoms with van der Waals surface area (Å²) in [5.41, 5.74) is 6.04. The summed E-state index contributed by atoms with van der Waals surface area (Å²) in [6.45, 7) is 13.0. The highest BCUT2D eigenvalue weighted by molar-refractivity contribution is 4.76. The molecule has 2 N–H and O–H groups in total. The van der Waals surface area contributed by atoms with E-state index in [0.717, 1.165) is 26.1 Å². The third kappa shape index (κ3) is 5.36. The van der Waals surface area contributed by atoms with Crippen molar-refractivity contribution < 1.29 is 4.74 Å². The van der Waals surface area contributed by atoms with Gasteiger partial charge in [0.1, 0.15) is 0 Å². The molecule has 17 heavy (non-hydrogen) atoms. The van der Waals surface area contributed by atoms with Gasteiger partial charge in [0.15, 0.2) is 0 Å². The van der Waals surface area contributed by atoms with E-state index in [1.54, 1.807) is 0 Å². The Kier molecular flexibility index (Phi) is 5.90. The summed E-state index contributed by atoms with van der Waals surface area (Å²) in [6, 6.07) is 0.573. The zero-order valence-corrected chi connectivity index (χ0v) is 12.0. The number of hydrogen-bond donors (Lipinski definition) is 1. The van der Waals surface area contributed by atoms with Gasteiger partial charge in [-0.25, -0.2) is 0 Å². The standard InChI is InChI=1S/C14H30N2O/c1-12-11-17-13(2)10-16(12)9-5-6-14(3,4)7-8-15/h12-13H,5-11,15H2,1-4H3. The monoisotopic (exact) mass is 242 g/mol. The molecule has 3 nitrogen and oxygen atoms in total. The second-order valence-corrected chi connectivity index (χ2v) is 6.29. The van der Waals surface area contributed by atoms with Gasteiger partial charge >= 0.3 is 0 Å². The van der Waals surface area contributed by atoms with Crippen LogP contribution in [0.5, 0.6) is 0 Å². The molecule has 2 unspecified atom stereocenters. The predicted octanol–water partition coefficient (Wildman–Crippen LogP) is 2.25. The predicted molar refractivity (Wildman–Crippen MR) is 73.1 cm³/mol. The molecule has 0 aliphatic carbocycles. The zero-order chi connectivity index (χ0) is 12.9. The molecule has 0 aromatic heterocycles. The van der Waals surface area contributed by atoms with Gasteiger partial charge in [0.05, 0.1) is 12.7 Å².